The normalized spacial score (nSPS) is 10.4. The first-order valence-corrected chi connectivity index (χ1v) is 8.47. The van der Waals surface area contributed by atoms with Crippen molar-refractivity contribution in [2.24, 2.45) is 0 Å². The lowest BCUT2D eigenvalue weighted by molar-refractivity contribution is 0.0527. The fourth-order valence-electron chi connectivity index (χ4n) is 2.51. The molecule has 1 N–H and O–H groups in total. The highest BCUT2D eigenvalue weighted by Gasteiger charge is 2.24. The summed E-state index contributed by atoms with van der Waals surface area (Å²) in [5.74, 6) is -0.591. The Kier molecular flexibility index (Phi) is 5.55. The molecule has 2 aromatic rings. The highest BCUT2D eigenvalue weighted by molar-refractivity contribution is 7.16. The topological polar surface area (TPSA) is 55.4 Å². The van der Waals surface area contributed by atoms with Gasteiger partial charge in [-0.3, -0.25) is 4.79 Å². The van der Waals surface area contributed by atoms with Gasteiger partial charge in [0.15, 0.2) is 0 Å². The molecule has 1 aromatic carbocycles. The molecular weight excluding hydrogens is 310 g/mol. The summed E-state index contributed by atoms with van der Waals surface area (Å²) in [6.07, 6.45) is 0.719. The zero-order valence-electron chi connectivity index (χ0n) is 13.9. The molecule has 5 heteroatoms. The maximum absolute atomic E-state index is 12.5. The number of benzene rings is 1. The van der Waals surface area contributed by atoms with E-state index in [1.807, 2.05) is 39.0 Å². The molecule has 0 aliphatic carbocycles. The number of carbonyl (C=O) groups is 2. The Balaban J connectivity index is 2.38. The fraction of sp³-hybridized carbons (Fsp3) is 0.333. The average molecular weight is 331 g/mol. The van der Waals surface area contributed by atoms with Crippen molar-refractivity contribution >= 4 is 28.2 Å². The van der Waals surface area contributed by atoms with E-state index < -0.39 is 0 Å². The molecule has 0 bridgehead atoms. The second-order valence-corrected chi connectivity index (χ2v) is 6.41. The fourth-order valence-corrected chi connectivity index (χ4v) is 3.64. The van der Waals surface area contributed by atoms with Crippen LogP contribution in [0.15, 0.2) is 24.3 Å². The molecule has 0 fully saturated rings. The number of nitrogens with one attached hydrogen (secondary N) is 1. The van der Waals surface area contributed by atoms with Gasteiger partial charge in [-0.25, -0.2) is 4.79 Å². The second-order valence-electron chi connectivity index (χ2n) is 5.18. The lowest BCUT2D eigenvalue weighted by Crippen LogP contribution is -2.16. The molecule has 4 nitrogen and oxygen atoms in total. The zero-order chi connectivity index (χ0) is 17.0. The van der Waals surface area contributed by atoms with Crippen molar-refractivity contribution < 1.29 is 14.3 Å². The quantitative estimate of drug-likeness (QED) is 0.828. The predicted molar refractivity (Wildman–Crippen MR) is 93.5 cm³/mol. The molecule has 0 saturated heterocycles. The van der Waals surface area contributed by atoms with E-state index in [0.29, 0.717) is 22.7 Å². The number of hydrogen-bond donors (Lipinski definition) is 1. The molecule has 0 aliphatic heterocycles. The molecule has 122 valence electrons. The molecular formula is C18H21NO3S. The van der Waals surface area contributed by atoms with Gasteiger partial charge in [0.25, 0.3) is 5.91 Å². The van der Waals surface area contributed by atoms with Crippen LogP contribution >= 0.6 is 11.3 Å². The van der Waals surface area contributed by atoms with E-state index in [0.717, 1.165) is 22.4 Å². The molecule has 1 heterocycles. The number of thiophene rings is 1. The highest BCUT2D eigenvalue weighted by atomic mass is 32.1. The Hall–Kier alpha value is -2.14. The van der Waals surface area contributed by atoms with Crippen molar-refractivity contribution in [2.75, 3.05) is 11.9 Å². The summed E-state index contributed by atoms with van der Waals surface area (Å²) in [6, 6.07) is 7.38. The van der Waals surface area contributed by atoms with Gasteiger partial charge in [-0.05, 0) is 44.4 Å². The Bertz CT molecular complexity index is 734. The van der Waals surface area contributed by atoms with Crippen molar-refractivity contribution in [3.8, 4) is 0 Å². The number of rotatable bonds is 5. The van der Waals surface area contributed by atoms with Gasteiger partial charge in [0, 0.05) is 10.4 Å². The minimum Gasteiger partial charge on any atom is -0.462 e. The van der Waals surface area contributed by atoms with Crippen molar-refractivity contribution in [3.05, 3.63) is 51.4 Å². The number of amides is 1. The van der Waals surface area contributed by atoms with Crippen LogP contribution in [0.3, 0.4) is 0 Å². The molecule has 0 unspecified atom stereocenters. The van der Waals surface area contributed by atoms with Crippen molar-refractivity contribution in [2.45, 2.75) is 34.1 Å². The van der Waals surface area contributed by atoms with E-state index in [1.165, 1.54) is 11.3 Å². The number of carbonyl (C=O) groups excluding carboxylic acids is 2. The lowest BCUT2D eigenvalue weighted by atomic mass is 10.1. The van der Waals surface area contributed by atoms with Gasteiger partial charge in [0.2, 0.25) is 0 Å². The van der Waals surface area contributed by atoms with Crippen molar-refractivity contribution in [3.63, 3.8) is 0 Å². The van der Waals surface area contributed by atoms with E-state index >= 15 is 0 Å². The van der Waals surface area contributed by atoms with Crippen LogP contribution in [-0.4, -0.2) is 18.5 Å². The van der Waals surface area contributed by atoms with Crippen molar-refractivity contribution in [1.82, 2.24) is 0 Å². The summed E-state index contributed by atoms with van der Waals surface area (Å²) >= 11 is 1.42. The summed E-state index contributed by atoms with van der Waals surface area (Å²) in [5.41, 5.74) is 2.92. The van der Waals surface area contributed by atoms with E-state index in [4.69, 9.17) is 4.74 Å². The summed E-state index contributed by atoms with van der Waals surface area (Å²) in [7, 11) is 0. The van der Waals surface area contributed by atoms with E-state index in [1.54, 1.807) is 13.0 Å². The zero-order valence-corrected chi connectivity index (χ0v) is 14.7. The Morgan fingerprint density at radius 1 is 1.17 bits per heavy atom. The minimum atomic E-state index is -0.381. The van der Waals surface area contributed by atoms with E-state index in [2.05, 4.69) is 5.32 Å². The second kappa shape index (κ2) is 7.42. The molecule has 0 atom stereocenters. The number of anilines is 1. The first kappa shape index (κ1) is 17.2. The Labute approximate surface area is 140 Å². The molecule has 2 rings (SSSR count). The maximum atomic E-state index is 12.5. The predicted octanol–water partition coefficient (Wildman–Crippen LogP) is 4.36. The van der Waals surface area contributed by atoms with Crippen LogP contribution in [0, 0.1) is 13.8 Å². The van der Waals surface area contributed by atoms with E-state index in [9.17, 15) is 9.59 Å². The van der Waals surface area contributed by atoms with Gasteiger partial charge in [-0.15, -0.1) is 11.3 Å². The molecule has 0 spiro atoms. The van der Waals surface area contributed by atoms with Gasteiger partial charge in [-0.2, -0.15) is 0 Å². The first-order valence-electron chi connectivity index (χ1n) is 7.65. The molecule has 1 amide bonds. The third-order valence-electron chi connectivity index (χ3n) is 3.66. The van der Waals surface area contributed by atoms with E-state index in [-0.39, 0.29) is 11.9 Å². The third-order valence-corrected chi connectivity index (χ3v) is 4.72. The van der Waals surface area contributed by atoms with Crippen LogP contribution in [0.4, 0.5) is 5.00 Å². The summed E-state index contributed by atoms with van der Waals surface area (Å²) in [5, 5.41) is 3.44. The summed E-state index contributed by atoms with van der Waals surface area (Å²) < 4.78 is 5.15. The third kappa shape index (κ3) is 3.62. The molecule has 23 heavy (non-hydrogen) atoms. The highest BCUT2D eigenvalue weighted by Crippen LogP contribution is 2.34. The standard InChI is InChI=1S/C18H21NO3S/c1-5-13-12(4)23-17(15(13)18(21)22-6-2)19-16(20)14-10-8-7-9-11(14)3/h7-10H,5-6H2,1-4H3,(H,19,20). The summed E-state index contributed by atoms with van der Waals surface area (Å²) in [6.45, 7) is 7.91. The Morgan fingerprint density at radius 3 is 2.48 bits per heavy atom. The van der Waals surface area contributed by atoms with Crippen LogP contribution in [0.1, 0.15) is 50.6 Å². The van der Waals surface area contributed by atoms with Gasteiger partial charge >= 0.3 is 5.97 Å². The maximum Gasteiger partial charge on any atom is 0.341 e. The minimum absolute atomic E-state index is 0.211. The average Bonchev–Trinajstić information content (AvgIpc) is 2.83. The molecule has 0 saturated carbocycles. The monoisotopic (exact) mass is 331 g/mol. The SMILES string of the molecule is CCOC(=O)c1c(NC(=O)c2ccccc2C)sc(C)c1CC. The number of aryl methyl sites for hydroxylation is 2. The summed E-state index contributed by atoms with van der Waals surface area (Å²) in [4.78, 5) is 25.8. The van der Waals surface area contributed by atoms with Gasteiger partial charge in [0.05, 0.1) is 12.2 Å². The van der Waals surface area contributed by atoms with Gasteiger partial charge in [0.1, 0.15) is 5.00 Å². The van der Waals surface area contributed by atoms with Crippen LogP contribution < -0.4 is 5.32 Å². The van der Waals surface area contributed by atoms with Crippen LogP contribution in [0.25, 0.3) is 0 Å². The molecule has 1 aromatic heterocycles. The molecule has 0 radical (unpaired) electrons. The molecule has 0 aliphatic rings. The number of ether oxygens (including phenoxy) is 1. The first-order chi connectivity index (χ1) is 11.0. The van der Waals surface area contributed by atoms with Crippen molar-refractivity contribution in [1.29, 1.82) is 0 Å². The smallest absolute Gasteiger partial charge is 0.341 e. The van der Waals surface area contributed by atoms with Crippen LogP contribution in [0.2, 0.25) is 0 Å². The number of hydrogen-bond acceptors (Lipinski definition) is 4. The van der Waals surface area contributed by atoms with Gasteiger partial charge < -0.3 is 10.1 Å². The van der Waals surface area contributed by atoms with Gasteiger partial charge in [-0.1, -0.05) is 25.1 Å². The Morgan fingerprint density at radius 2 is 1.87 bits per heavy atom. The number of esters is 1. The largest absolute Gasteiger partial charge is 0.462 e. The lowest BCUT2D eigenvalue weighted by Gasteiger charge is -2.09. The van der Waals surface area contributed by atoms with Crippen LogP contribution in [-0.2, 0) is 11.2 Å². The van der Waals surface area contributed by atoms with Crippen LogP contribution in [0.5, 0.6) is 0 Å².